The second kappa shape index (κ2) is 12.8. The number of nitrogens with one attached hydrogen (secondary N) is 3. The number of hydrogen-bond acceptors (Lipinski definition) is 5. The van der Waals surface area contributed by atoms with Crippen LogP contribution in [-0.2, 0) is 9.59 Å². The van der Waals surface area contributed by atoms with Gasteiger partial charge in [0.15, 0.2) is 6.61 Å². The molecule has 1 aromatic carbocycles. The van der Waals surface area contributed by atoms with Crippen molar-refractivity contribution in [3.05, 3.63) is 30.3 Å². The maximum Gasteiger partial charge on any atom is 0.258 e. The molecule has 8 heteroatoms. The first-order valence-corrected chi connectivity index (χ1v) is 10.1. The lowest BCUT2D eigenvalue weighted by Crippen LogP contribution is -2.50. The summed E-state index contributed by atoms with van der Waals surface area (Å²) in [7, 11) is 0. The third kappa shape index (κ3) is 8.29. The van der Waals surface area contributed by atoms with Gasteiger partial charge in [-0.3, -0.25) is 9.59 Å². The maximum absolute atomic E-state index is 12.4. The number of carbonyl (C=O) groups excluding carboxylic acids is 2. The van der Waals surface area contributed by atoms with Gasteiger partial charge in [-0.15, -0.1) is 12.4 Å². The van der Waals surface area contributed by atoms with E-state index in [0.29, 0.717) is 24.8 Å². The van der Waals surface area contributed by atoms with Crippen LogP contribution < -0.4 is 20.7 Å². The fourth-order valence-electron chi connectivity index (χ4n) is 2.68. The number of rotatable bonds is 10. The Bertz CT molecular complexity index is 542. The van der Waals surface area contributed by atoms with E-state index in [-0.39, 0.29) is 30.8 Å². The predicted molar refractivity (Wildman–Crippen MR) is 108 cm³/mol. The second-order valence-corrected chi connectivity index (χ2v) is 7.03. The van der Waals surface area contributed by atoms with Crippen LogP contribution in [0.4, 0.5) is 0 Å². The number of benzene rings is 1. The van der Waals surface area contributed by atoms with Crippen LogP contribution >= 0.6 is 24.2 Å². The van der Waals surface area contributed by atoms with E-state index >= 15 is 0 Å². The van der Waals surface area contributed by atoms with Gasteiger partial charge in [0.25, 0.3) is 5.91 Å². The highest BCUT2D eigenvalue weighted by Gasteiger charge is 2.22. The van der Waals surface area contributed by atoms with Crippen molar-refractivity contribution < 1.29 is 14.3 Å². The van der Waals surface area contributed by atoms with Crippen LogP contribution in [0.3, 0.4) is 0 Å². The summed E-state index contributed by atoms with van der Waals surface area (Å²) in [5, 5.41) is 9.08. The molecule has 1 saturated heterocycles. The molecule has 6 nitrogen and oxygen atoms in total. The second-order valence-electron chi connectivity index (χ2n) is 6.04. The van der Waals surface area contributed by atoms with E-state index in [0.717, 1.165) is 25.1 Å². The number of para-hydroxylation sites is 1. The molecule has 0 radical (unpaired) electrons. The van der Waals surface area contributed by atoms with Crippen molar-refractivity contribution in [2.24, 2.45) is 0 Å². The van der Waals surface area contributed by atoms with Crippen molar-refractivity contribution in [1.82, 2.24) is 16.0 Å². The lowest BCUT2D eigenvalue weighted by Gasteiger charge is -2.20. The van der Waals surface area contributed by atoms with Gasteiger partial charge in [-0.05, 0) is 49.9 Å². The molecule has 1 aliphatic heterocycles. The smallest absolute Gasteiger partial charge is 0.258 e. The zero-order chi connectivity index (χ0) is 17.9. The monoisotopic (exact) mass is 401 g/mol. The lowest BCUT2D eigenvalue weighted by atomic mass is 10.2. The first-order valence-electron chi connectivity index (χ1n) is 8.66. The molecule has 3 N–H and O–H groups in total. The van der Waals surface area contributed by atoms with Gasteiger partial charge in [0, 0.05) is 12.6 Å². The molecule has 146 valence electrons. The predicted octanol–water partition coefficient (Wildman–Crippen LogP) is 1.59. The zero-order valence-electron chi connectivity index (χ0n) is 15.0. The minimum atomic E-state index is -0.527. The molecule has 2 rings (SSSR count). The molecule has 1 aliphatic rings. The number of thioether (sulfide) groups is 1. The molecule has 2 unspecified atom stereocenters. The first-order chi connectivity index (χ1) is 12.2. The summed E-state index contributed by atoms with van der Waals surface area (Å²) in [5.74, 6) is 1.02. The minimum absolute atomic E-state index is 0. The number of ether oxygens (including phenoxy) is 1. The summed E-state index contributed by atoms with van der Waals surface area (Å²) in [4.78, 5) is 24.5. The normalized spacial score (nSPS) is 17.0. The van der Waals surface area contributed by atoms with Crippen LogP contribution in [-0.4, -0.2) is 55.6 Å². The molecule has 0 spiro atoms. The Hall–Kier alpha value is -1.44. The summed E-state index contributed by atoms with van der Waals surface area (Å²) in [5.41, 5.74) is 0. The van der Waals surface area contributed by atoms with E-state index in [4.69, 9.17) is 4.74 Å². The van der Waals surface area contributed by atoms with Crippen LogP contribution in [0, 0.1) is 0 Å². The lowest BCUT2D eigenvalue weighted by molar-refractivity contribution is -0.130. The molecular formula is C18H28ClN3O3S. The van der Waals surface area contributed by atoms with Gasteiger partial charge in [-0.2, -0.15) is 11.8 Å². The van der Waals surface area contributed by atoms with Gasteiger partial charge in [-0.1, -0.05) is 18.2 Å². The van der Waals surface area contributed by atoms with Crippen molar-refractivity contribution in [3.8, 4) is 5.75 Å². The summed E-state index contributed by atoms with van der Waals surface area (Å²) in [6.07, 6.45) is 4.80. The van der Waals surface area contributed by atoms with Gasteiger partial charge in [0.05, 0.1) is 0 Å². The fraction of sp³-hybridized carbons (Fsp3) is 0.556. The standard InChI is InChI=1S/C18H27N3O3S.ClH/c1-25-11-9-16(18(23)20-12-14-6-5-10-19-14)21-17(22)13-24-15-7-3-2-4-8-15;/h2-4,7-8,14,16,19H,5-6,9-13H2,1H3,(H,20,23)(H,21,22);1H. The van der Waals surface area contributed by atoms with E-state index in [1.165, 1.54) is 0 Å². The van der Waals surface area contributed by atoms with Gasteiger partial charge < -0.3 is 20.7 Å². The molecule has 0 aliphatic carbocycles. The van der Waals surface area contributed by atoms with Gasteiger partial charge in [0.1, 0.15) is 11.8 Å². The van der Waals surface area contributed by atoms with Crippen molar-refractivity contribution >= 4 is 36.0 Å². The molecular weight excluding hydrogens is 374 g/mol. The Kier molecular flexibility index (Phi) is 11.2. The summed E-state index contributed by atoms with van der Waals surface area (Å²) >= 11 is 1.65. The molecule has 26 heavy (non-hydrogen) atoms. The van der Waals surface area contributed by atoms with E-state index in [2.05, 4.69) is 16.0 Å². The molecule has 0 bridgehead atoms. The van der Waals surface area contributed by atoms with E-state index in [1.54, 1.807) is 23.9 Å². The quantitative estimate of drug-likeness (QED) is 0.555. The Balaban J connectivity index is 0.00000338. The number of hydrogen-bond donors (Lipinski definition) is 3. The Morgan fingerprint density at radius 2 is 2.12 bits per heavy atom. The number of carbonyl (C=O) groups is 2. The molecule has 2 amide bonds. The largest absolute Gasteiger partial charge is 0.484 e. The van der Waals surface area contributed by atoms with Crippen LogP contribution in [0.2, 0.25) is 0 Å². The van der Waals surface area contributed by atoms with Crippen LogP contribution in [0.25, 0.3) is 0 Å². The minimum Gasteiger partial charge on any atom is -0.484 e. The Labute approximate surface area is 165 Å². The maximum atomic E-state index is 12.4. The third-order valence-corrected chi connectivity index (χ3v) is 4.70. The highest BCUT2D eigenvalue weighted by molar-refractivity contribution is 7.98. The highest BCUT2D eigenvalue weighted by atomic mass is 35.5. The summed E-state index contributed by atoms with van der Waals surface area (Å²) in [6.45, 7) is 1.51. The van der Waals surface area contributed by atoms with E-state index in [9.17, 15) is 9.59 Å². The summed E-state index contributed by atoms with van der Waals surface area (Å²) in [6, 6.07) is 8.97. The molecule has 1 fully saturated rings. The Morgan fingerprint density at radius 1 is 1.35 bits per heavy atom. The van der Waals surface area contributed by atoms with Gasteiger partial charge in [-0.25, -0.2) is 0 Å². The average Bonchev–Trinajstić information content (AvgIpc) is 3.16. The molecule has 0 aromatic heterocycles. The zero-order valence-corrected chi connectivity index (χ0v) is 16.7. The van der Waals surface area contributed by atoms with Crippen LogP contribution in [0.5, 0.6) is 5.75 Å². The third-order valence-electron chi connectivity index (χ3n) is 4.06. The molecule has 1 heterocycles. The van der Waals surface area contributed by atoms with Crippen LogP contribution in [0.1, 0.15) is 19.3 Å². The van der Waals surface area contributed by atoms with Crippen molar-refractivity contribution in [2.75, 3.05) is 31.7 Å². The summed E-state index contributed by atoms with van der Waals surface area (Å²) < 4.78 is 5.44. The van der Waals surface area contributed by atoms with Crippen molar-refractivity contribution in [2.45, 2.75) is 31.3 Å². The van der Waals surface area contributed by atoms with Gasteiger partial charge >= 0.3 is 0 Å². The van der Waals surface area contributed by atoms with Crippen molar-refractivity contribution in [1.29, 1.82) is 0 Å². The number of amides is 2. The number of halogens is 1. The molecule has 0 saturated carbocycles. The SMILES string of the molecule is CSCCC(NC(=O)COc1ccccc1)C(=O)NCC1CCCN1.Cl. The van der Waals surface area contributed by atoms with Crippen molar-refractivity contribution in [3.63, 3.8) is 0 Å². The Morgan fingerprint density at radius 3 is 2.77 bits per heavy atom. The first kappa shape index (κ1) is 22.6. The van der Waals surface area contributed by atoms with E-state index in [1.807, 2.05) is 24.5 Å². The van der Waals surface area contributed by atoms with E-state index < -0.39 is 6.04 Å². The molecule has 1 aromatic rings. The average molecular weight is 402 g/mol. The fourth-order valence-corrected chi connectivity index (χ4v) is 3.16. The topological polar surface area (TPSA) is 79.5 Å². The molecule has 2 atom stereocenters. The highest BCUT2D eigenvalue weighted by Crippen LogP contribution is 2.08. The van der Waals surface area contributed by atoms with Crippen LogP contribution in [0.15, 0.2) is 30.3 Å². The van der Waals surface area contributed by atoms with Gasteiger partial charge in [0.2, 0.25) is 5.91 Å².